The molecule has 0 radical (unpaired) electrons. The Balaban J connectivity index is 1.45. The predicted octanol–water partition coefficient (Wildman–Crippen LogP) is -0.213. The summed E-state index contributed by atoms with van der Waals surface area (Å²) in [6.07, 6.45) is 7.35. The van der Waals surface area contributed by atoms with E-state index in [0.717, 1.165) is 51.3 Å². The molecule has 9 heteroatoms. The van der Waals surface area contributed by atoms with Crippen molar-refractivity contribution in [3.05, 3.63) is 18.5 Å². The van der Waals surface area contributed by atoms with Gasteiger partial charge in [-0.2, -0.15) is 0 Å². The molecule has 154 valence electrons. The Morgan fingerprint density at radius 1 is 1.25 bits per heavy atom. The molecule has 2 aliphatic heterocycles. The number of aromatic nitrogens is 2. The number of hydrogen-bond acceptors (Lipinski definition) is 7. The number of likely N-dealkylation sites (N-methyl/N-ethyl adjacent to an activating group) is 1. The Labute approximate surface area is 165 Å². The molecule has 2 fully saturated rings. The number of hydrogen-bond donors (Lipinski definition) is 2. The molecule has 2 N–H and O–H groups in total. The van der Waals surface area contributed by atoms with Gasteiger partial charge in [-0.25, -0.2) is 9.97 Å². The topological polar surface area (TPSA) is 99.7 Å². The van der Waals surface area contributed by atoms with Crippen LogP contribution in [0.1, 0.15) is 25.7 Å². The van der Waals surface area contributed by atoms with Crippen LogP contribution in [-0.4, -0.2) is 85.2 Å². The van der Waals surface area contributed by atoms with Crippen LogP contribution in [-0.2, 0) is 14.3 Å². The van der Waals surface area contributed by atoms with Gasteiger partial charge >= 0.3 is 11.8 Å². The molecule has 9 nitrogen and oxygen atoms in total. The lowest BCUT2D eigenvalue weighted by atomic mass is 9.98. The summed E-state index contributed by atoms with van der Waals surface area (Å²) in [7, 11) is 3.16. The first-order valence-electron chi connectivity index (χ1n) is 9.93. The normalized spacial score (nSPS) is 23.3. The second kappa shape index (κ2) is 9.79. The molecule has 2 aliphatic rings. The molecule has 0 saturated carbocycles. The van der Waals surface area contributed by atoms with Gasteiger partial charge in [0.05, 0.1) is 18.8 Å². The van der Waals surface area contributed by atoms with Crippen LogP contribution in [0.25, 0.3) is 0 Å². The fourth-order valence-corrected chi connectivity index (χ4v) is 3.65. The van der Waals surface area contributed by atoms with Crippen molar-refractivity contribution in [3.63, 3.8) is 0 Å². The second-order valence-electron chi connectivity index (χ2n) is 7.55. The van der Waals surface area contributed by atoms with E-state index in [2.05, 4.69) is 25.5 Å². The molecular weight excluding hydrogens is 360 g/mol. The first-order valence-corrected chi connectivity index (χ1v) is 9.93. The zero-order valence-electron chi connectivity index (χ0n) is 16.6. The van der Waals surface area contributed by atoms with Crippen LogP contribution in [0.4, 0.5) is 5.95 Å². The monoisotopic (exact) mass is 390 g/mol. The molecule has 2 atom stereocenters. The number of nitrogens with zero attached hydrogens (tertiary/aromatic N) is 4. The highest BCUT2D eigenvalue weighted by Crippen LogP contribution is 2.19. The van der Waals surface area contributed by atoms with Crippen LogP contribution in [0, 0.1) is 0 Å². The molecule has 3 heterocycles. The van der Waals surface area contributed by atoms with E-state index in [4.69, 9.17) is 4.74 Å². The second-order valence-corrected chi connectivity index (χ2v) is 7.55. The smallest absolute Gasteiger partial charge is 0.311 e. The van der Waals surface area contributed by atoms with Crippen LogP contribution in [0.5, 0.6) is 0 Å². The minimum atomic E-state index is -0.556. The van der Waals surface area contributed by atoms with Crippen LogP contribution in [0.2, 0.25) is 0 Å². The molecule has 1 aromatic rings. The van der Waals surface area contributed by atoms with E-state index in [0.29, 0.717) is 6.61 Å². The van der Waals surface area contributed by atoms with E-state index >= 15 is 0 Å². The Morgan fingerprint density at radius 2 is 1.96 bits per heavy atom. The van der Waals surface area contributed by atoms with E-state index in [-0.39, 0.29) is 18.2 Å². The molecule has 0 bridgehead atoms. The van der Waals surface area contributed by atoms with Gasteiger partial charge in [-0.05, 0) is 38.3 Å². The van der Waals surface area contributed by atoms with Gasteiger partial charge in [0.1, 0.15) is 0 Å². The highest BCUT2D eigenvalue weighted by atomic mass is 16.5. The number of anilines is 1. The van der Waals surface area contributed by atoms with Crippen molar-refractivity contribution in [1.82, 2.24) is 25.5 Å². The van der Waals surface area contributed by atoms with Gasteiger partial charge in [-0.1, -0.05) is 0 Å². The summed E-state index contributed by atoms with van der Waals surface area (Å²) >= 11 is 0. The molecule has 1 aromatic heterocycles. The fraction of sp³-hybridized carbons (Fsp3) is 0.684. The minimum absolute atomic E-state index is 0.0168. The van der Waals surface area contributed by atoms with Crippen LogP contribution in [0.15, 0.2) is 18.5 Å². The molecule has 3 rings (SSSR count). The van der Waals surface area contributed by atoms with Crippen molar-refractivity contribution in [3.8, 4) is 0 Å². The first kappa shape index (κ1) is 20.5. The third-order valence-electron chi connectivity index (χ3n) is 5.29. The SMILES string of the molecule is CN(C)C(=O)C(=O)N[C@H]1CCCN[C@H]1COC1CCN(c2ncccn2)CC1. The number of piperidine rings is 2. The van der Waals surface area contributed by atoms with Gasteiger partial charge in [-0.3, -0.25) is 9.59 Å². The van der Waals surface area contributed by atoms with Crippen LogP contribution >= 0.6 is 0 Å². The summed E-state index contributed by atoms with van der Waals surface area (Å²) in [5, 5.41) is 6.29. The first-order chi connectivity index (χ1) is 13.5. The minimum Gasteiger partial charge on any atom is -0.376 e. The lowest BCUT2D eigenvalue weighted by Gasteiger charge is -2.36. The van der Waals surface area contributed by atoms with Gasteiger partial charge in [-0.15, -0.1) is 0 Å². The summed E-state index contributed by atoms with van der Waals surface area (Å²) in [6.45, 7) is 3.15. The maximum absolute atomic E-state index is 12.1. The largest absolute Gasteiger partial charge is 0.376 e. The maximum atomic E-state index is 12.1. The molecule has 0 unspecified atom stereocenters. The Kier molecular flexibility index (Phi) is 7.16. The van der Waals surface area contributed by atoms with Crippen molar-refractivity contribution in [2.24, 2.45) is 0 Å². The summed E-state index contributed by atoms with van der Waals surface area (Å²) in [5.41, 5.74) is 0. The third-order valence-corrected chi connectivity index (χ3v) is 5.29. The Bertz CT molecular complexity index is 648. The third kappa shape index (κ3) is 5.39. The van der Waals surface area contributed by atoms with Crippen molar-refractivity contribution in [2.45, 2.75) is 43.9 Å². The van der Waals surface area contributed by atoms with E-state index in [1.54, 1.807) is 26.5 Å². The lowest BCUT2D eigenvalue weighted by Crippen LogP contribution is -2.57. The number of carbonyl (C=O) groups is 2. The number of rotatable bonds is 5. The van der Waals surface area contributed by atoms with Gasteiger partial charge in [0.25, 0.3) is 0 Å². The fourth-order valence-electron chi connectivity index (χ4n) is 3.65. The Hall–Kier alpha value is -2.26. The average molecular weight is 390 g/mol. The van der Waals surface area contributed by atoms with Crippen molar-refractivity contribution in [2.75, 3.05) is 45.2 Å². The van der Waals surface area contributed by atoms with Crippen LogP contribution in [0.3, 0.4) is 0 Å². The van der Waals surface area contributed by atoms with E-state index < -0.39 is 11.8 Å². The molecule has 28 heavy (non-hydrogen) atoms. The molecule has 0 aliphatic carbocycles. The van der Waals surface area contributed by atoms with E-state index in [9.17, 15) is 9.59 Å². The summed E-state index contributed by atoms with van der Waals surface area (Å²) in [4.78, 5) is 36.0. The number of amides is 2. The lowest BCUT2D eigenvalue weighted by molar-refractivity contribution is -0.144. The number of carbonyl (C=O) groups excluding carboxylic acids is 2. The standard InChI is InChI=1S/C19H30N6O3/c1-24(2)18(27)17(26)23-15-5-3-8-20-16(15)13-28-14-6-11-25(12-7-14)19-21-9-4-10-22-19/h4,9-10,14-16,20H,3,5-8,11-13H2,1-2H3,(H,23,26)/t15-,16-/m0/s1. The van der Waals surface area contributed by atoms with E-state index in [1.807, 2.05) is 6.07 Å². The molecule has 0 aromatic carbocycles. The van der Waals surface area contributed by atoms with Crippen molar-refractivity contribution < 1.29 is 14.3 Å². The zero-order chi connectivity index (χ0) is 19.9. The van der Waals surface area contributed by atoms with Crippen molar-refractivity contribution >= 4 is 17.8 Å². The predicted molar refractivity (Wildman–Crippen MR) is 105 cm³/mol. The van der Waals surface area contributed by atoms with Crippen molar-refractivity contribution in [1.29, 1.82) is 0 Å². The quantitative estimate of drug-likeness (QED) is 0.671. The molecule has 2 saturated heterocycles. The summed E-state index contributed by atoms with van der Waals surface area (Å²) < 4.78 is 6.15. The highest BCUT2D eigenvalue weighted by Gasteiger charge is 2.30. The number of ether oxygens (including phenoxy) is 1. The summed E-state index contributed by atoms with van der Waals surface area (Å²) in [6, 6.07) is 1.74. The van der Waals surface area contributed by atoms with Gasteiger partial charge < -0.3 is 25.2 Å². The average Bonchev–Trinajstić information content (AvgIpc) is 2.73. The van der Waals surface area contributed by atoms with E-state index in [1.165, 1.54) is 4.90 Å². The van der Waals surface area contributed by atoms with Gasteiger partial charge in [0.15, 0.2) is 0 Å². The van der Waals surface area contributed by atoms with Gasteiger partial charge in [0, 0.05) is 45.6 Å². The molecular formula is C19H30N6O3. The number of nitrogens with one attached hydrogen (secondary N) is 2. The maximum Gasteiger partial charge on any atom is 0.311 e. The molecule has 0 spiro atoms. The van der Waals surface area contributed by atoms with Crippen LogP contribution < -0.4 is 15.5 Å². The van der Waals surface area contributed by atoms with Gasteiger partial charge in [0.2, 0.25) is 5.95 Å². The zero-order valence-corrected chi connectivity index (χ0v) is 16.6. The summed E-state index contributed by atoms with van der Waals surface area (Å²) in [5.74, 6) is -0.316. The molecule has 2 amide bonds. The Morgan fingerprint density at radius 3 is 2.64 bits per heavy atom. The highest BCUT2D eigenvalue weighted by molar-refractivity contribution is 6.34.